The van der Waals surface area contributed by atoms with Crippen LogP contribution in [0, 0.1) is 29.9 Å². The highest BCUT2D eigenvalue weighted by Crippen LogP contribution is 2.45. The predicted molar refractivity (Wildman–Crippen MR) is 174 cm³/mol. The van der Waals surface area contributed by atoms with Crippen LogP contribution in [0.25, 0.3) is 11.3 Å². The van der Waals surface area contributed by atoms with Crippen molar-refractivity contribution in [1.29, 1.82) is 0 Å². The van der Waals surface area contributed by atoms with Crippen LogP contribution in [0.15, 0.2) is 55.1 Å². The van der Waals surface area contributed by atoms with Gasteiger partial charge < -0.3 is 27.2 Å². The Morgan fingerprint density at radius 1 is 1.11 bits per heavy atom. The van der Waals surface area contributed by atoms with Crippen molar-refractivity contribution in [3.05, 3.63) is 89.1 Å². The van der Waals surface area contributed by atoms with Crippen LogP contribution < -0.4 is 22.1 Å². The number of hydrogen-bond acceptors (Lipinski definition) is 8. The average Bonchev–Trinajstić information content (AvgIpc) is 2.99. The number of benzene rings is 1. The van der Waals surface area contributed by atoms with E-state index in [4.69, 9.17) is 11.5 Å². The maximum Gasteiger partial charge on any atom is 0.168 e. The number of nitrogens with two attached hydrogens (primary N) is 2. The fraction of sp³-hybridized carbons (Fsp3) is 0.457. The fourth-order valence-corrected chi connectivity index (χ4v) is 6.66. The van der Waals surface area contributed by atoms with Crippen LogP contribution in [0.4, 0.5) is 14.5 Å². The first-order chi connectivity index (χ1) is 21.3. The van der Waals surface area contributed by atoms with E-state index in [9.17, 15) is 18.7 Å². The van der Waals surface area contributed by atoms with E-state index in [0.29, 0.717) is 42.1 Å². The lowest BCUT2D eigenvalue weighted by Gasteiger charge is -2.47. The molecule has 5 rings (SSSR count). The van der Waals surface area contributed by atoms with Gasteiger partial charge in [0, 0.05) is 43.3 Å². The molecule has 45 heavy (non-hydrogen) atoms. The third-order valence-corrected chi connectivity index (χ3v) is 9.28. The molecule has 8 nitrogen and oxygen atoms in total. The first-order valence-electron chi connectivity index (χ1n) is 15.5. The number of carbonyl (C=O) groups is 1. The Kier molecular flexibility index (Phi) is 10.6. The average molecular weight is 621 g/mol. The van der Waals surface area contributed by atoms with Gasteiger partial charge in [-0.3, -0.25) is 9.78 Å². The minimum Gasteiger partial charge on any atom is -0.403 e. The van der Waals surface area contributed by atoms with Crippen LogP contribution in [0.5, 0.6) is 0 Å². The summed E-state index contributed by atoms with van der Waals surface area (Å²) in [4.78, 5) is 18.9. The highest BCUT2D eigenvalue weighted by atomic mass is 19.1. The monoisotopic (exact) mass is 620 g/mol. The third kappa shape index (κ3) is 7.50. The second-order valence-electron chi connectivity index (χ2n) is 13.3. The molecule has 4 unspecified atom stereocenters. The standard InChI is InChI=1S/C18H31N5.C17H15F2NO2/c1-18(2,3)14-9-12(10-15(20)17(14)23-8-6-19)13-5-7-22-11-16(13)21-4;1-10-7-11(17(22)5-2-6-17)8-14(19)15(10)16-13(18)4-3-12(9-21)20-16/h5-8,11-12,14-15,17,21,23H,9-10,19-20H2,1-4H3;3-4,7-9,22H,2,5-6H2,1H3/b8-6-;. The SMILES string of the molecule is CNc1cnccc1C1CC(N)C(N/C=C\N)C(C(C)(C)C)C1.Cc1cc(C2(O)CCC2)cc(F)c1-c1nc(C=O)ccc1F. The second-order valence-corrected chi connectivity index (χ2v) is 13.3. The molecule has 2 aliphatic rings. The summed E-state index contributed by atoms with van der Waals surface area (Å²) < 4.78 is 28.5. The Morgan fingerprint density at radius 2 is 1.84 bits per heavy atom. The van der Waals surface area contributed by atoms with Gasteiger partial charge in [-0.2, -0.15) is 0 Å². The zero-order chi connectivity index (χ0) is 32.9. The van der Waals surface area contributed by atoms with Crippen LogP contribution in [0.1, 0.15) is 86.0 Å². The van der Waals surface area contributed by atoms with E-state index in [2.05, 4.69) is 47.4 Å². The summed E-state index contributed by atoms with van der Waals surface area (Å²) in [7, 11) is 1.95. The van der Waals surface area contributed by atoms with Gasteiger partial charge in [-0.25, -0.2) is 13.8 Å². The first-order valence-corrected chi connectivity index (χ1v) is 15.5. The zero-order valence-electron chi connectivity index (χ0n) is 26.8. The van der Waals surface area contributed by atoms with Gasteiger partial charge in [-0.15, -0.1) is 0 Å². The number of hydrogen-bond donors (Lipinski definition) is 5. The second kappa shape index (κ2) is 14.0. The van der Waals surface area contributed by atoms with Gasteiger partial charge in [0.1, 0.15) is 23.0 Å². The van der Waals surface area contributed by atoms with Gasteiger partial charge in [-0.1, -0.05) is 26.8 Å². The van der Waals surface area contributed by atoms with E-state index in [1.54, 1.807) is 19.2 Å². The minimum absolute atomic E-state index is 0.0212. The Balaban J connectivity index is 0.000000205. The molecule has 2 fully saturated rings. The van der Waals surface area contributed by atoms with Gasteiger partial charge in [0.25, 0.3) is 0 Å². The van der Waals surface area contributed by atoms with Crippen LogP contribution >= 0.6 is 0 Å². The van der Waals surface area contributed by atoms with Crippen molar-refractivity contribution >= 4 is 12.0 Å². The number of aryl methyl sites for hydroxylation is 1. The van der Waals surface area contributed by atoms with E-state index in [0.717, 1.165) is 31.0 Å². The number of aliphatic hydroxyl groups is 1. The molecule has 0 bridgehead atoms. The molecule has 4 atom stereocenters. The lowest BCUT2D eigenvalue weighted by molar-refractivity contribution is -0.0390. The number of halogens is 2. The highest BCUT2D eigenvalue weighted by molar-refractivity contribution is 5.75. The highest BCUT2D eigenvalue weighted by Gasteiger charge is 2.42. The Bertz CT molecular complexity index is 1500. The van der Waals surface area contributed by atoms with Gasteiger partial charge in [0.15, 0.2) is 6.29 Å². The first kappa shape index (κ1) is 34.0. The molecular weight excluding hydrogens is 574 g/mol. The molecule has 0 aliphatic heterocycles. The number of aldehydes is 1. The molecule has 0 spiro atoms. The zero-order valence-corrected chi connectivity index (χ0v) is 26.8. The third-order valence-electron chi connectivity index (χ3n) is 9.28. The quantitative estimate of drug-likeness (QED) is 0.206. The van der Waals surface area contributed by atoms with Crippen molar-refractivity contribution < 1.29 is 18.7 Å². The van der Waals surface area contributed by atoms with E-state index >= 15 is 0 Å². The molecule has 0 radical (unpaired) electrons. The van der Waals surface area contributed by atoms with Crippen molar-refractivity contribution in [2.75, 3.05) is 12.4 Å². The number of nitrogens with one attached hydrogen (secondary N) is 2. The summed E-state index contributed by atoms with van der Waals surface area (Å²) in [5.41, 5.74) is 14.5. The summed E-state index contributed by atoms with van der Waals surface area (Å²) in [6.45, 7) is 8.51. The summed E-state index contributed by atoms with van der Waals surface area (Å²) in [5.74, 6) is -0.433. The minimum atomic E-state index is -0.985. The van der Waals surface area contributed by atoms with Gasteiger partial charge in [-0.05, 0) is 97.2 Å². The molecule has 2 aliphatic carbocycles. The Hall–Kier alpha value is -3.89. The van der Waals surface area contributed by atoms with Crippen molar-refractivity contribution in [2.24, 2.45) is 22.8 Å². The molecule has 2 heterocycles. The van der Waals surface area contributed by atoms with Crippen LogP contribution in [-0.4, -0.2) is 40.5 Å². The summed E-state index contributed by atoms with van der Waals surface area (Å²) in [6, 6.07) is 7.68. The lowest BCUT2D eigenvalue weighted by Crippen LogP contribution is -2.55. The fourth-order valence-electron chi connectivity index (χ4n) is 6.66. The molecule has 242 valence electrons. The van der Waals surface area contributed by atoms with Crippen molar-refractivity contribution in [3.63, 3.8) is 0 Å². The Morgan fingerprint density at radius 3 is 2.42 bits per heavy atom. The van der Waals surface area contributed by atoms with Crippen molar-refractivity contribution in [3.8, 4) is 11.3 Å². The Labute approximate surface area is 264 Å². The van der Waals surface area contributed by atoms with E-state index in [-0.39, 0.29) is 34.4 Å². The van der Waals surface area contributed by atoms with Crippen molar-refractivity contribution in [2.45, 2.75) is 83.4 Å². The number of anilines is 1. The van der Waals surface area contributed by atoms with Gasteiger partial charge in [0.05, 0.1) is 17.5 Å². The van der Waals surface area contributed by atoms with Gasteiger partial charge >= 0.3 is 0 Å². The van der Waals surface area contributed by atoms with Crippen LogP contribution in [0.3, 0.4) is 0 Å². The maximum absolute atomic E-state index is 14.5. The number of carbonyl (C=O) groups excluding carboxylic acids is 1. The molecule has 1 aromatic carbocycles. The van der Waals surface area contributed by atoms with Gasteiger partial charge in [0.2, 0.25) is 0 Å². The van der Waals surface area contributed by atoms with E-state index in [1.165, 1.54) is 17.7 Å². The maximum atomic E-state index is 14.5. The number of aromatic nitrogens is 2. The predicted octanol–water partition coefficient (Wildman–Crippen LogP) is 5.90. The van der Waals surface area contributed by atoms with Crippen LogP contribution in [-0.2, 0) is 5.60 Å². The number of pyridine rings is 2. The van der Waals surface area contributed by atoms with Crippen molar-refractivity contribution in [1.82, 2.24) is 15.3 Å². The smallest absolute Gasteiger partial charge is 0.168 e. The molecule has 2 aromatic heterocycles. The molecule has 0 saturated heterocycles. The normalized spacial score (nSPS) is 22.6. The summed E-state index contributed by atoms with van der Waals surface area (Å²) >= 11 is 0. The molecule has 7 N–H and O–H groups in total. The number of nitrogens with zero attached hydrogens (tertiary/aromatic N) is 2. The summed E-state index contributed by atoms with van der Waals surface area (Å²) in [5, 5.41) is 17.0. The van der Waals surface area contributed by atoms with E-state index in [1.807, 2.05) is 25.6 Å². The lowest BCUT2D eigenvalue weighted by atomic mass is 9.63. The number of rotatable bonds is 7. The summed E-state index contributed by atoms with van der Waals surface area (Å²) in [6.07, 6.45) is 11.8. The molecule has 2 saturated carbocycles. The molecule has 10 heteroatoms. The molecular formula is C35H46F2N6O2. The molecule has 3 aromatic rings. The van der Waals surface area contributed by atoms with Crippen LogP contribution in [0.2, 0.25) is 0 Å². The topological polar surface area (TPSA) is 139 Å². The molecule has 0 amide bonds. The largest absolute Gasteiger partial charge is 0.403 e. The van der Waals surface area contributed by atoms with E-state index < -0.39 is 17.2 Å².